The minimum atomic E-state index is -0.303. The molecule has 2 rings (SSSR count). The van der Waals surface area contributed by atoms with E-state index in [4.69, 9.17) is 4.74 Å². The zero-order chi connectivity index (χ0) is 15.4. The third-order valence-corrected chi connectivity index (χ3v) is 4.32. The molecule has 0 radical (unpaired) electrons. The largest absolute Gasteiger partial charge is 0.455 e. The van der Waals surface area contributed by atoms with Crippen LogP contribution in [0.2, 0.25) is 0 Å². The minimum absolute atomic E-state index is 0.276. The van der Waals surface area contributed by atoms with Gasteiger partial charge in [0.25, 0.3) is 0 Å². The predicted molar refractivity (Wildman–Crippen MR) is 90.4 cm³/mol. The van der Waals surface area contributed by atoms with Crippen molar-refractivity contribution in [3.05, 3.63) is 56.7 Å². The predicted octanol–water partition coefficient (Wildman–Crippen LogP) is 5.81. The van der Waals surface area contributed by atoms with E-state index in [9.17, 15) is 4.39 Å². The van der Waals surface area contributed by atoms with Crippen LogP contribution < -0.4 is 10.1 Å². The molecule has 1 unspecified atom stereocenters. The Bertz CT molecular complexity index is 634. The first kappa shape index (κ1) is 16.5. The van der Waals surface area contributed by atoms with Crippen molar-refractivity contribution in [2.75, 3.05) is 6.54 Å². The van der Waals surface area contributed by atoms with E-state index in [0.29, 0.717) is 16.0 Å². The number of halogens is 3. The highest BCUT2D eigenvalue weighted by molar-refractivity contribution is 9.11. The summed E-state index contributed by atoms with van der Waals surface area (Å²) in [5.41, 5.74) is 1.18. The molecule has 1 N–H and O–H groups in total. The Balaban J connectivity index is 2.21. The maximum absolute atomic E-state index is 13.1. The van der Waals surface area contributed by atoms with Gasteiger partial charge in [-0.25, -0.2) is 4.39 Å². The van der Waals surface area contributed by atoms with Crippen LogP contribution in [0.15, 0.2) is 45.3 Å². The number of nitrogens with one attached hydrogen (secondary N) is 1. The lowest BCUT2D eigenvalue weighted by atomic mass is 10.1. The molecular weight excluding hydrogens is 401 g/mol. The van der Waals surface area contributed by atoms with Gasteiger partial charge in [-0.05, 0) is 81.2 Å². The summed E-state index contributed by atoms with van der Waals surface area (Å²) >= 11 is 6.82. The lowest BCUT2D eigenvalue weighted by Crippen LogP contribution is -2.17. The van der Waals surface area contributed by atoms with Crippen molar-refractivity contribution in [1.82, 2.24) is 5.32 Å². The molecule has 0 amide bonds. The average molecular weight is 417 g/mol. The van der Waals surface area contributed by atoms with Crippen LogP contribution in [0.25, 0.3) is 0 Å². The average Bonchev–Trinajstić information content (AvgIpc) is 2.44. The summed E-state index contributed by atoms with van der Waals surface area (Å²) in [5, 5.41) is 3.36. The Morgan fingerprint density at radius 1 is 1.10 bits per heavy atom. The normalized spacial score (nSPS) is 12.2. The summed E-state index contributed by atoms with van der Waals surface area (Å²) in [7, 11) is 0. The van der Waals surface area contributed by atoms with Crippen LogP contribution >= 0.6 is 31.9 Å². The molecule has 2 aromatic carbocycles. The molecule has 0 aliphatic heterocycles. The number of hydrogen-bond acceptors (Lipinski definition) is 2. The van der Waals surface area contributed by atoms with Gasteiger partial charge in [0, 0.05) is 6.04 Å². The first-order valence-corrected chi connectivity index (χ1v) is 8.25. The molecule has 0 bridgehead atoms. The van der Waals surface area contributed by atoms with Gasteiger partial charge >= 0.3 is 0 Å². The zero-order valence-electron chi connectivity index (χ0n) is 11.8. The van der Waals surface area contributed by atoms with Crippen LogP contribution in [-0.4, -0.2) is 6.54 Å². The highest BCUT2D eigenvalue weighted by atomic mass is 79.9. The first-order chi connectivity index (χ1) is 10.0. The van der Waals surface area contributed by atoms with Crippen molar-refractivity contribution in [2.24, 2.45) is 0 Å². The summed E-state index contributed by atoms with van der Waals surface area (Å²) in [5.74, 6) is 0.961. The van der Waals surface area contributed by atoms with Crippen molar-refractivity contribution >= 4 is 31.9 Å². The minimum Gasteiger partial charge on any atom is -0.455 e. The van der Waals surface area contributed by atoms with Crippen molar-refractivity contribution in [2.45, 2.75) is 19.9 Å². The van der Waals surface area contributed by atoms with Crippen molar-refractivity contribution in [3.8, 4) is 11.5 Å². The second-order valence-corrected chi connectivity index (χ2v) is 6.35. The molecular formula is C16H16Br2FNO. The maximum Gasteiger partial charge on any atom is 0.141 e. The standard InChI is InChI=1S/C16H16Br2FNO/c1-3-20-10(2)11-4-6-15(13(17)8-11)21-16-7-5-12(19)9-14(16)18/h4-10,20H,3H2,1-2H3. The van der Waals surface area contributed by atoms with Gasteiger partial charge in [-0.3, -0.25) is 0 Å². The fourth-order valence-corrected chi connectivity index (χ4v) is 2.88. The summed E-state index contributed by atoms with van der Waals surface area (Å²) in [6.07, 6.45) is 0. The molecule has 1 atom stereocenters. The second-order valence-electron chi connectivity index (χ2n) is 4.65. The highest BCUT2D eigenvalue weighted by Gasteiger charge is 2.10. The summed E-state index contributed by atoms with van der Waals surface area (Å²) < 4.78 is 20.3. The molecule has 0 aromatic heterocycles. The smallest absolute Gasteiger partial charge is 0.141 e. The molecule has 2 nitrogen and oxygen atoms in total. The molecule has 2 aromatic rings. The van der Waals surface area contributed by atoms with E-state index in [0.717, 1.165) is 11.0 Å². The fourth-order valence-electron chi connectivity index (χ4n) is 1.97. The number of ether oxygens (including phenoxy) is 1. The van der Waals surface area contributed by atoms with E-state index < -0.39 is 0 Å². The lowest BCUT2D eigenvalue weighted by Gasteiger charge is -2.15. The van der Waals surface area contributed by atoms with Crippen LogP contribution in [0.1, 0.15) is 25.5 Å². The van der Waals surface area contributed by atoms with Crippen LogP contribution in [0, 0.1) is 5.82 Å². The van der Waals surface area contributed by atoms with Gasteiger partial charge in [0.1, 0.15) is 17.3 Å². The van der Waals surface area contributed by atoms with Crippen LogP contribution in [-0.2, 0) is 0 Å². The van der Waals surface area contributed by atoms with Gasteiger partial charge in [-0.15, -0.1) is 0 Å². The molecule has 21 heavy (non-hydrogen) atoms. The van der Waals surface area contributed by atoms with E-state index in [1.165, 1.54) is 17.7 Å². The molecule has 0 saturated heterocycles. The second kappa shape index (κ2) is 7.38. The lowest BCUT2D eigenvalue weighted by molar-refractivity contribution is 0.473. The van der Waals surface area contributed by atoms with Gasteiger partial charge in [0.15, 0.2) is 0 Å². The molecule has 112 valence electrons. The monoisotopic (exact) mass is 415 g/mol. The number of rotatable bonds is 5. The Morgan fingerprint density at radius 2 is 1.71 bits per heavy atom. The van der Waals surface area contributed by atoms with Gasteiger partial charge in [-0.2, -0.15) is 0 Å². The molecule has 0 aliphatic carbocycles. The summed E-state index contributed by atoms with van der Waals surface area (Å²) in [6.45, 7) is 5.11. The van der Waals surface area contributed by atoms with E-state index in [-0.39, 0.29) is 11.9 Å². The van der Waals surface area contributed by atoms with Crippen molar-refractivity contribution < 1.29 is 9.13 Å². The highest BCUT2D eigenvalue weighted by Crippen LogP contribution is 2.35. The van der Waals surface area contributed by atoms with Crippen molar-refractivity contribution in [1.29, 1.82) is 0 Å². The third kappa shape index (κ3) is 4.28. The Labute approximate surface area is 141 Å². The van der Waals surface area contributed by atoms with E-state index in [1.807, 2.05) is 18.2 Å². The topological polar surface area (TPSA) is 21.3 Å². The van der Waals surface area contributed by atoms with E-state index in [1.54, 1.807) is 6.07 Å². The van der Waals surface area contributed by atoms with Crippen LogP contribution in [0.4, 0.5) is 4.39 Å². The summed E-state index contributed by atoms with van der Waals surface area (Å²) in [6, 6.07) is 10.6. The Kier molecular flexibility index (Phi) is 5.79. The molecule has 5 heteroatoms. The maximum atomic E-state index is 13.1. The number of hydrogen-bond donors (Lipinski definition) is 1. The molecule has 0 spiro atoms. The molecule has 0 aliphatic rings. The molecule has 0 fully saturated rings. The SMILES string of the molecule is CCNC(C)c1ccc(Oc2ccc(F)cc2Br)c(Br)c1. The third-order valence-electron chi connectivity index (χ3n) is 3.08. The van der Waals surface area contributed by atoms with Crippen LogP contribution in [0.5, 0.6) is 11.5 Å². The summed E-state index contributed by atoms with van der Waals surface area (Å²) in [4.78, 5) is 0. The van der Waals surface area contributed by atoms with Gasteiger partial charge < -0.3 is 10.1 Å². The van der Waals surface area contributed by atoms with Crippen LogP contribution in [0.3, 0.4) is 0 Å². The van der Waals surface area contributed by atoms with Gasteiger partial charge in [0.2, 0.25) is 0 Å². The van der Waals surface area contributed by atoms with E-state index >= 15 is 0 Å². The first-order valence-electron chi connectivity index (χ1n) is 6.67. The zero-order valence-corrected chi connectivity index (χ0v) is 15.0. The molecule has 0 heterocycles. The van der Waals surface area contributed by atoms with Gasteiger partial charge in [0.05, 0.1) is 8.95 Å². The van der Waals surface area contributed by atoms with Crippen molar-refractivity contribution in [3.63, 3.8) is 0 Å². The van der Waals surface area contributed by atoms with Gasteiger partial charge in [-0.1, -0.05) is 13.0 Å². The number of benzene rings is 2. The molecule has 0 saturated carbocycles. The Hall–Kier alpha value is -0.910. The Morgan fingerprint density at radius 3 is 2.29 bits per heavy atom. The fraction of sp³-hybridized carbons (Fsp3) is 0.250. The van der Waals surface area contributed by atoms with E-state index in [2.05, 4.69) is 51.0 Å². The quantitative estimate of drug-likeness (QED) is 0.663.